The van der Waals surface area contributed by atoms with Crippen molar-refractivity contribution in [1.82, 2.24) is 10.3 Å². The number of rotatable bonds is 7. The molecule has 0 saturated carbocycles. The summed E-state index contributed by atoms with van der Waals surface area (Å²) in [6.45, 7) is 4.63. The van der Waals surface area contributed by atoms with Gasteiger partial charge in [0.1, 0.15) is 11.0 Å². The number of thiazole rings is 1. The first kappa shape index (κ1) is 19.1. The van der Waals surface area contributed by atoms with Gasteiger partial charge in [-0.15, -0.1) is 11.3 Å². The monoisotopic (exact) mass is 379 g/mol. The van der Waals surface area contributed by atoms with E-state index >= 15 is 0 Å². The van der Waals surface area contributed by atoms with Gasteiger partial charge < -0.3 is 10.2 Å². The Morgan fingerprint density at radius 2 is 1.85 bits per heavy atom. The summed E-state index contributed by atoms with van der Waals surface area (Å²) < 4.78 is 0. The topological polar surface area (TPSA) is 45.2 Å². The van der Waals surface area contributed by atoms with E-state index in [1.165, 1.54) is 5.56 Å². The van der Waals surface area contributed by atoms with E-state index in [9.17, 15) is 4.79 Å². The minimum absolute atomic E-state index is 0.0310. The standard InChI is InChI=1S/C22H25N3OS/c1-16(2)18-10-7-11-19(14-18)25(3)15-20(26)24-21(22-23-12-13-27-22)17-8-5-4-6-9-17/h4-14,16,21H,15H2,1-3H3,(H,24,26). The van der Waals surface area contributed by atoms with E-state index in [0.717, 1.165) is 16.3 Å². The number of aromatic nitrogens is 1. The van der Waals surface area contributed by atoms with Crippen molar-refractivity contribution in [1.29, 1.82) is 0 Å². The van der Waals surface area contributed by atoms with Gasteiger partial charge in [0.2, 0.25) is 5.91 Å². The zero-order chi connectivity index (χ0) is 19.2. The lowest BCUT2D eigenvalue weighted by Gasteiger charge is -2.23. The quantitative estimate of drug-likeness (QED) is 0.652. The first-order valence-electron chi connectivity index (χ1n) is 9.09. The average molecular weight is 380 g/mol. The van der Waals surface area contributed by atoms with Crippen molar-refractivity contribution in [2.24, 2.45) is 0 Å². The Kier molecular flexibility index (Phi) is 6.24. The minimum Gasteiger partial charge on any atom is -0.365 e. The van der Waals surface area contributed by atoms with Gasteiger partial charge >= 0.3 is 0 Å². The second-order valence-corrected chi connectivity index (χ2v) is 7.81. The van der Waals surface area contributed by atoms with Crippen molar-refractivity contribution < 1.29 is 4.79 Å². The smallest absolute Gasteiger partial charge is 0.240 e. The lowest BCUT2D eigenvalue weighted by Crippen LogP contribution is -2.37. The summed E-state index contributed by atoms with van der Waals surface area (Å²) in [5.74, 6) is 0.427. The first-order valence-corrected chi connectivity index (χ1v) is 9.97. The molecule has 1 heterocycles. The van der Waals surface area contributed by atoms with Crippen molar-refractivity contribution in [2.45, 2.75) is 25.8 Å². The van der Waals surface area contributed by atoms with Crippen LogP contribution in [-0.4, -0.2) is 24.5 Å². The lowest BCUT2D eigenvalue weighted by atomic mass is 10.0. The van der Waals surface area contributed by atoms with Crippen molar-refractivity contribution in [2.75, 3.05) is 18.5 Å². The van der Waals surface area contributed by atoms with E-state index in [1.807, 2.05) is 59.8 Å². The molecule has 0 fully saturated rings. The van der Waals surface area contributed by atoms with Gasteiger partial charge in [-0.05, 0) is 29.2 Å². The van der Waals surface area contributed by atoms with Crippen LogP contribution in [0.25, 0.3) is 0 Å². The molecule has 0 aliphatic carbocycles. The Morgan fingerprint density at radius 1 is 1.11 bits per heavy atom. The van der Waals surface area contributed by atoms with Crippen molar-refractivity contribution >= 4 is 22.9 Å². The molecule has 1 aromatic heterocycles. The third kappa shape index (κ3) is 4.95. The van der Waals surface area contributed by atoms with Crippen molar-refractivity contribution in [3.63, 3.8) is 0 Å². The second-order valence-electron chi connectivity index (χ2n) is 6.89. The van der Waals surface area contributed by atoms with E-state index in [-0.39, 0.29) is 18.5 Å². The van der Waals surface area contributed by atoms with Crippen LogP contribution in [0.2, 0.25) is 0 Å². The fourth-order valence-corrected chi connectivity index (χ4v) is 3.66. The summed E-state index contributed by atoms with van der Waals surface area (Å²) in [5.41, 5.74) is 3.34. The number of benzene rings is 2. The van der Waals surface area contributed by atoms with E-state index in [1.54, 1.807) is 17.5 Å². The van der Waals surface area contributed by atoms with E-state index < -0.39 is 0 Å². The maximum Gasteiger partial charge on any atom is 0.240 e. The normalized spacial score (nSPS) is 12.0. The molecule has 0 radical (unpaired) electrons. The Labute approximate surface area is 164 Å². The maximum absolute atomic E-state index is 12.7. The lowest BCUT2D eigenvalue weighted by molar-refractivity contribution is -0.120. The highest BCUT2D eigenvalue weighted by atomic mass is 32.1. The molecular formula is C22H25N3OS. The first-order chi connectivity index (χ1) is 13.0. The third-order valence-electron chi connectivity index (χ3n) is 4.50. The maximum atomic E-state index is 12.7. The van der Waals surface area contributed by atoms with Crippen molar-refractivity contribution in [3.05, 3.63) is 82.3 Å². The fraction of sp³-hybridized carbons (Fsp3) is 0.273. The molecule has 1 N–H and O–H groups in total. The number of carbonyl (C=O) groups excluding carboxylic acids is 1. The van der Waals surface area contributed by atoms with Crippen LogP contribution in [0, 0.1) is 0 Å². The summed E-state index contributed by atoms with van der Waals surface area (Å²) in [6, 6.07) is 18.1. The highest BCUT2D eigenvalue weighted by molar-refractivity contribution is 7.09. The molecule has 0 aliphatic rings. The fourth-order valence-electron chi connectivity index (χ4n) is 2.94. The summed E-state index contributed by atoms with van der Waals surface area (Å²) in [6.07, 6.45) is 1.77. The largest absolute Gasteiger partial charge is 0.365 e. The molecule has 0 saturated heterocycles. The number of hydrogen-bond donors (Lipinski definition) is 1. The molecular weight excluding hydrogens is 354 g/mol. The number of anilines is 1. The predicted octanol–water partition coefficient (Wildman–Crippen LogP) is 4.61. The molecule has 0 aliphatic heterocycles. The van der Waals surface area contributed by atoms with Crippen LogP contribution in [0.15, 0.2) is 66.2 Å². The molecule has 5 heteroatoms. The van der Waals surface area contributed by atoms with Crippen molar-refractivity contribution in [3.8, 4) is 0 Å². The molecule has 0 spiro atoms. The Hall–Kier alpha value is -2.66. The molecule has 1 atom stereocenters. The van der Waals surface area contributed by atoms with Crippen LogP contribution in [0.1, 0.15) is 41.9 Å². The molecule has 4 nitrogen and oxygen atoms in total. The zero-order valence-corrected chi connectivity index (χ0v) is 16.7. The summed E-state index contributed by atoms with van der Waals surface area (Å²) in [7, 11) is 1.94. The van der Waals surface area contributed by atoms with Crippen LogP contribution in [-0.2, 0) is 4.79 Å². The van der Waals surface area contributed by atoms with Crippen LogP contribution < -0.4 is 10.2 Å². The number of hydrogen-bond acceptors (Lipinski definition) is 4. The highest BCUT2D eigenvalue weighted by Crippen LogP contribution is 2.24. The van der Waals surface area contributed by atoms with Crippen LogP contribution in [0.4, 0.5) is 5.69 Å². The molecule has 2 aromatic carbocycles. The molecule has 3 rings (SSSR count). The second kappa shape index (κ2) is 8.82. The highest BCUT2D eigenvalue weighted by Gasteiger charge is 2.20. The Balaban J connectivity index is 1.72. The summed E-state index contributed by atoms with van der Waals surface area (Å²) in [4.78, 5) is 19.1. The van der Waals surface area contributed by atoms with Gasteiger partial charge in [-0.25, -0.2) is 4.98 Å². The third-order valence-corrected chi connectivity index (χ3v) is 5.34. The summed E-state index contributed by atoms with van der Waals surface area (Å²) in [5, 5.41) is 5.96. The molecule has 1 amide bonds. The van der Waals surface area contributed by atoms with Crippen LogP contribution in [0.3, 0.4) is 0 Å². The molecule has 3 aromatic rings. The molecule has 1 unspecified atom stereocenters. The van der Waals surface area contributed by atoms with Gasteiger partial charge in [-0.1, -0.05) is 56.3 Å². The number of nitrogens with one attached hydrogen (secondary N) is 1. The van der Waals surface area contributed by atoms with Crippen LogP contribution >= 0.6 is 11.3 Å². The van der Waals surface area contributed by atoms with E-state index in [2.05, 4.69) is 36.3 Å². The van der Waals surface area contributed by atoms with Gasteiger partial charge in [0.05, 0.1) is 6.54 Å². The van der Waals surface area contributed by atoms with E-state index in [4.69, 9.17) is 0 Å². The van der Waals surface area contributed by atoms with Gasteiger partial charge in [-0.3, -0.25) is 4.79 Å². The minimum atomic E-state index is -0.228. The van der Waals surface area contributed by atoms with Gasteiger partial charge in [-0.2, -0.15) is 0 Å². The number of nitrogens with zero attached hydrogens (tertiary/aromatic N) is 2. The molecule has 140 valence electrons. The molecule has 0 bridgehead atoms. The molecule has 27 heavy (non-hydrogen) atoms. The SMILES string of the molecule is CC(C)c1cccc(N(C)CC(=O)NC(c2ccccc2)c2nccs2)c1. The number of likely N-dealkylation sites (N-methyl/N-ethyl adjacent to an activating group) is 1. The number of carbonyl (C=O) groups is 1. The van der Waals surface area contributed by atoms with Gasteiger partial charge in [0, 0.05) is 24.3 Å². The van der Waals surface area contributed by atoms with E-state index in [0.29, 0.717) is 5.92 Å². The Morgan fingerprint density at radius 3 is 2.52 bits per heavy atom. The predicted molar refractivity (Wildman–Crippen MR) is 112 cm³/mol. The average Bonchev–Trinajstić information content (AvgIpc) is 3.21. The summed E-state index contributed by atoms with van der Waals surface area (Å²) >= 11 is 1.55. The van der Waals surface area contributed by atoms with Gasteiger partial charge in [0.25, 0.3) is 0 Å². The van der Waals surface area contributed by atoms with Crippen LogP contribution in [0.5, 0.6) is 0 Å². The number of amides is 1. The van der Waals surface area contributed by atoms with Gasteiger partial charge in [0.15, 0.2) is 0 Å². The zero-order valence-electron chi connectivity index (χ0n) is 15.9. The Bertz CT molecular complexity index is 862.